The third-order valence-electron chi connectivity index (χ3n) is 4.76. The first-order chi connectivity index (χ1) is 13.3. The summed E-state index contributed by atoms with van der Waals surface area (Å²) in [6.45, 7) is 6.78. The fourth-order valence-electron chi connectivity index (χ4n) is 3.23. The molecule has 3 aromatic heterocycles. The van der Waals surface area contributed by atoms with Gasteiger partial charge in [0.1, 0.15) is 12.1 Å². The number of fused-ring (bicyclic) bond motifs is 1. The zero-order valence-corrected chi connectivity index (χ0v) is 15.6. The van der Waals surface area contributed by atoms with Gasteiger partial charge in [0.25, 0.3) is 0 Å². The van der Waals surface area contributed by atoms with Crippen molar-refractivity contribution in [1.82, 2.24) is 24.8 Å². The van der Waals surface area contributed by atoms with Crippen LogP contribution in [0.4, 0.5) is 11.5 Å². The first kappa shape index (κ1) is 17.8. The van der Waals surface area contributed by atoms with E-state index in [1.54, 1.807) is 6.33 Å². The second-order valence-electron chi connectivity index (χ2n) is 6.79. The monoisotopic (exact) mass is 364 g/mol. The molecule has 1 aliphatic heterocycles. The number of ether oxygens (including phenoxy) is 1. The minimum atomic E-state index is 0.780. The van der Waals surface area contributed by atoms with Gasteiger partial charge in [-0.1, -0.05) is 0 Å². The van der Waals surface area contributed by atoms with E-state index in [-0.39, 0.29) is 0 Å². The minimum Gasteiger partial charge on any atom is -0.379 e. The van der Waals surface area contributed by atoms with E-state index in [4.69, 9.17) is 4.74 Å². The summed E-state index contributed by atoms with van der Waals surface area (Å²) in [5.41, 5.74) is 3.80. The summed E-state index contributed by atoms with van der Waals surface area (Å²) in [6.07, 6.45) is 7.23. The second-order valence-corrected chi connectivity index (χ2v) is 6.79. The highest BCUT2D eigenvalue weighted by molar-refractivity contribution is 5.90. The Morgan fingerprint density at radius 1 is 1.07 bits per heavy atom. The van der Waals surface area contributed by atoms with E-state index in [0.29, 0.717) is 0 Å². The Bertz CT molecular complexity index is 893. The van der Waals surface area contributed by atoms with Crippen molar-refractivity contribution in [2.24, 2.45) is 0 Å². The Kier molecular flexibility index (Phi) is 5.50. The molecule has 0 saturated carbocycles. The molecule has 4 heterocycles. The summed E-state index contributed by atoms with van der Waals surface area (Å²) in [5.74, 6) is 0.780. The summed E-state index contributed by atoms with van der Waals surface area (Å²) in [6, 6.07) is 6.07. The zero-order valence-electron chi connectivity index (χ0n) is 15.6. The summed E-state index contributed by atoms with van der Waals surface area (Å²) < 4.78 is 5.40. The van der Waals surface area contributed by atoms with Gasteiger partial charge in [-0.25, -0.2) is 9.97 Å². The Labute approximate surface area is 158 Å². The lowest BCUT2D eigenvalue weighted by Gasteiger charge is -2.26. The highest BCUT2D eigenvalue weighted by atomic mass is 16.5. The van der Waals surface area contributed by atoms with Crippen molar-refractivity contribution < 1.29 is 4.74 Å². The van der Waals surface area contributed by atoms with Crippen molar-refractivity contribution in [1.29, 1.82) is 0 Å². The van der Waals surface area contributed by atoms with Gasteiger partial charge >= 0.3 is 0 Å². The molecule has 3 aromatic rings. The quantitative estimate of drug-likeness (QED) is 0.721. The number of aromatic nitrogens is 4. The fraction of sp³-hybridized carbons (Fsp3) is 0.400. The van der Waals surface area contributed by atoms with Crippen LogP contribution in [0, 0.1) is 6.92 Å². The van der Waals surface area contributed by atoms with E-state index in [9.17, 15) is 0 Å². The van der Waals surface area contributed by atoms with E-state index < -0.39 is 0 Å². The predicted molar refractivity (Wildman–Crippen MR) is 105 cm³/mol. The van der Waals surface area contributed by atoms with Gasteiger partial charge in [-0.05, 0) is 44.5 Å². The number of rotatable bonds is 6. The maximum absolute atomic E-state index is 5.40. The molecular formula is C20H24N6O. The maximum Gasteiger partial charge on any atom is 0.141 e. The zero-order chi connectivity index (χ0) is 18.5. The number of morpholine rings is 1. The summed E-state index contributed by atoms with van der Waals surface area (Å²) >= 11 is 0. The first-order valence-corrected chi connectivity index (χ1v) is 9.37. The van der Waals surface area contributed by atoms with Crippen LogP contribution in [0.15, 0.2) is 36.9 Å². The van der Waals surface area contributed by atoms with E-state index in [2.05, 4.69) is 36.2 Å². The van der Waals surface area contributed by atoms with Gasteiger partial charge in [0.15, 0.2) is 0 Å². The van der Waals surface area contributed by atoms with Crippen LogP contribution in [0.2, 0.25) is 0 Å². The highest BCUT2D eigenvalue weighted by Crippen LogP contribution is 2.23. The summed E-state index contributed by atoms with van der Waals surface area (Å²) in [5, 5.41) is 4.33. The van der Waals surface area contributed by atoms with Crippen molar-refractivity contribution >= 4 is 22.4 Å². The lowest BCUT2D eigenvalue weighted by Crippen LogP contribution is -2.36. The SMILES string of the molecule is Cc1ccc(Nc2ncnc3cnc(CCCN4CCOCC4)cc23)cn1. The van der Waals surface area contributed by atoms with Gasteiger partial charge < -0.3 is 10.1 Å². The fourth-order valence-corrected chi connectivity index (χ4v) is 3.23. The van der Waals surface area contributed by atoms with Crippen molar-refractivity contribution in [3.8, 4) is 0 Å². The summed E-state index contributed by atoms with van der Waals surface area (Å²) in [7, 11) is 0. The number of hydrogen-bond acceptors (Lipinski definition) is 7. The lowest BCUT2D eigenvalue weighted by atomic mass is 10.1. The summed E-state index contributed by atoms with van der Waals surface area (Å²) in [4.78, 5) is 20.1. The number of nitrogens with zero attached hydrogens (tertiary/aromatic N) is 5. The molecule has 4 rings (SSSR count). The van der Waals surface area contributed by atoms with Crippen LogP contribution in [0.3, 0.4) is 0 Å². The first-order valence-electron chi connectivity index (χ1n) is 9.37. The Morgan fingerprint density at radius 2 is 1.96 bits per heavy atom. The van der Waals surface area contributed by atoms with Gasteiger partial charge in [-0.15, -0.1) is 0 Å². The van der Waals surface area contributed by atoms with Gasteiger partial charge in [0.2, 0.25) is 0 Å². The Hall–Kier alpha value is -2.64. The number of anilines is 2. The van der Waals surface area contributed by atoms with Gasteiger partial charge in [0.05, 0.1) is 36.8 Å². The average Bonchev–Trinajstić information content (AvgIpc) is 2.71. The molecule has 1 saturated heterocycles. The van der Waals surface area contributed by atoms with Gasteiger partial charge in [-0.2, -0.15) is 0 Å². The molecule has 0 atom stereocenters. The van der Waals surface area contributed by atoms with Crippen LogP contribution in [0.25, 0.3) is 10.9 Å². The van der Waals surface area contributed by atoms with Crippen LogP contribution in [0.1, 0.15) is 17.8 Å². The van der Waals surface area contributed by atoms with E-state index in [1.807, 2.05) is 31.5 Å². The Morgan fingerprint density at radius 3 is 2.78 bits per heavy atom. The van der Waals surface area contributed by atoms with Gasteiger partial charge in [0, 0.05) is 29.9 Å². The standard InChI is InChI=1S/C20H24N6O/c1-15-4-5-17(12-21-15)25-20-18-11-16(22-13-19(18)23-14-24-20)3-2-6-26-7-9-27-10-8-26/h4-5,11-14H,2-3,6-10H2,1H3,(H,23,24,25). The third-order valence-corrected chi connectivity index (χ3v) is 4.76. The maximum atomic E-state index is 5.40. The molecule has 140 valence electrons. The van der Waals surface area contributed by atoms with Crippen molar-refractivity contribution in [3.05, 3.63) is 48.3 Å². The van der Waals surface area contributed by atoms with Gasteiger partial charge in [-0.3, -0.25) is 14.9 Å². The molecule has 1 fully saturated rings. The molecule has 1 N–H and O–H groups in total. The van der Waals surface area contributed by atoms with Crippen molar-refractivity contribution in [3.63, 3.8) is 0 Å². The van der Waals surface area contributed by atoms with Crippen LogP contribution in [-0.4, -0.2) is 57.7 Å². The van der Waals surface area contributed by atoms with Crippen LogP contribution in [-0.2, 0) is 11.2 Å². The van der Waals surface area contributed by atoms with Crippen LogP contribution < -0.4 is 5.32 Å². The topological polar surface area (TPSA) is 76.1 Å². The molecular weight excluding hydrogens is 340 g/mol. The minimum absolute atomic E-state index is 0.780. The van der Waals surface area contributed by atoms with E-state index >= 15 is 0 Å². The van der Waals surface area contributed by atoms with E-state index in [0.717, 1.165) is 79.5 Å². The molecule has 7 nitrogen and oxygen atoms in total. The van der Waals surface area contributed by atoms with E-state index in [1.165, 1.54) is 0 Å². The second kappa shape index (κ2) is 8.37. The average molecular weight is 364 g/mol. The number of nitrogens with one attached hydrogen (secondary N) is 1. The largest absolute Gasteiger partial charge is 0.379 e. The third kappa shape index (κ3) is 4.56. The van der Waals surface area contributed by atoms with Crippen LogP contribution >= 0.6 is 0 Å². The molecule has 0 bridgehead atoms. The Balaban J connectivity index is 1.47. The number of hydrogen-bond donors (Lipinski definition) is 1. The molecule has 0 radical (unpaired) electrons. The molecule has 7 heteroatoms. The van der Waals surface area contributed by atoms with Crippen LogP contribution in [0.5, 0.6) is 0 Å². The number of pyridine rings is 2. The molecule has 0 aromatic carbocycles. The molecule has 1 aliphatic rings. The molecule has 0 aliphatic carbocycles. The molecule has 0 spiro atoms. The molecule has 0 unspecified atom stereocenters. The molecule has 0 amide bonds. The smallest absolute Gasteiger partial charge is 0.141 e. The highest BCUT2D eigenvalue weighted by Gasteiger charge is 2.11. The number of aryl methyl sites for hydroxylation is 2. The van der Waals surface area contributed by atoms with Crippen molar-refractivity contribution in [2.45, 2.75) is 19.8 Å². The molecule has 27 heavy (non-hydrogen) atoms. The predicted octanol–water partition coefficient (Wildman–Crippen LogP) is 2.74. The lowest BCUT2D eigenvalue weighted by molar-refractivity contribution is 0.0374. The normalized spacial score (nSPS) is 15.1. The van der Waals surface area contributed by atoms with Crippen molar-refractivity contribution in [2.75, 3.05) is 38.2 Å².